The maximum absolute atomic E-state index is 9.39. The molecule has 3 heteroatoms. The SMILES string of the molecule is CCC(C)(CO)CN(C)CC1CCOCC1. The lowest BCUT2D eigenvalue weighted by Crippen LogP contribution is -2.39. The molecule has 0 amide bonds. The van der Waals surface area contributed by atoms with Crippen molar-refractivity contribution >= 4 is 0 Å². The van der Waals surface area contributed by atoms with Crippen LogP contribution in [0.5, 0.6) is 0 Å². The summed E-state index contributed by atoms with van der Waals surface area (Å²) in [6, 6.07) is 0. The van der Waals surface area contributed by atoms with Gasteiger partial charge in [-0.3, -0.25) is 0 Å². The fourth-order valence-electron chi connectivity index (χ4n) is 2.36. The van der Waals surface area contributed by atoms with Gasteiger partial charge in [-0.05, 0) is 32.2 Å². The highest BCUT2D eigenvalue weighted by Crippen LogP contribution is 2.23. The fraction of sp³-hybridized carbons (Fsp3) is 1.00. The first-order valence-corrected chi connectivity index (χ1v) is 6.47. The third-order valence-corrected chi connectivity index (χ3v) is 3.80. The van der Waals surface area contributed by atoms with Gasteiger partial charge in [0.25, 0.3) is 0 Å². The standard InChI is InChI=1S/C13H27NO2/c1-4-13(2,11-15)10-14(3)9-12-5-7-16-8-6-12/h12,15H,4-11H2,1-3H3. The third-order valence-electron chi connectivity index (χ3n) is 3.80. The van der Waals surface area contributed by atoms with Gasteiger partial charge >= 0.3 is 0 Å². The highest BCUT2D eigenvalue weighted by Gasteiger charge is 2.24. The second-order valence-electron chi connectivity index (χ2n) is 5.57. The molecule has 1 aliphatic rings. The molecule has 1 fully saturated rings. The van der Waals surface area contributed by atoms with Crippen LogP contribution in [0.4, 0.5) is 0 Å². The van der Waals surface area contributed by atoms with Gasteiger partial charge in [0.15, 0.2) is 0 Å². The average molecular weight is 229 g/mol. The molecule has 0 spiro atoms. The van der Waals surface area contributed by atoms with Crippen LogP contribution < -0.4 is 0 Å². The van der Waals surface area contributed by atoms with E-state index in [9.17, 15) is 5.11 Å². The lowest BCUT2D eigenvalue weighted by Gasteiger charge is -2.34. The van der Waals surface area contributed by atoms with Crippen molar-refractivity contribution in [3.8, 4) is 0 Å². The molecule has 96 valence electrons. The number of hydrogen-bond acceptors (Lipinski definition) is 3. The van der Waals surface area contributed by atoms with Crippen molar-refractivity contribution in [3.05, 3.63) is 0 Å². The summed E-state index contributed by atoms with van der Waals surface area (Å²) in [5.74, 6) is 0.776. The average Bonchev–Trinajstić information content (AvgIpc) is 2.30. The van der Waals surface area contributed by atoms with Crippen LogP contribution in [0.3, 0.4) is 0 Å². The van der Waals surface area contributed by atoms with E-state index in [-0.39, 0.29) is 12.0 Å². The lowest BCUT2D eigenvalue weighted by atomic mass is 9.87. The monoisotopic (exact) mass is 229 g/mol. The van der Waals surface area contributed by atoms with Crippen molar-refractivity contribution in [2.24, 2.45) is 11.3 Å². The Bertz CT molecular complexity index is 186. The molecule has 3 nitrogen and oxygen atoms in total. The van der Waals surface area contributed by atoms with E-state index in [0.717, 1.165) is 38.6 Å². The van der Waals surface area contributed by atoms with E-state index in [0.29, 0.717) is 0 Å². The Balaban J connectivity index is 2.30. The molecule has 0 aromatic rings. The molecule has 0 radical (unpaired) electrons. The van der Waals surface area contributed by atoms with Gasteiger partial charge in [-0.2, -0.15) is 0 Å². The second kappa shape index (κ2) is 6.58. The molecule has 0 saturated carbocycles. The first-order chi connectivity index (χ1) is 7.59. The van der Waals surface area contributed by atoms with Gasteiger partial charge in [-0.1, -0.05) is 13.8 Å². The molecule has 1 saturated heterocycles. The van der Waals surface area contributed by atoms with E-state index in [4.69, 9.17) is 4.74 Å². The Morgan fingerprint density at radius 1 is 1.38 bits per heavy atom. The Labute approximate surface area is 99.8 Å². The Morgan fingerprint density at radius 2 is 2.00 bits per heavy atom. The van der Waals surface area contributed by atoms with Crippen LogP contribution in [0.15, 0.2) is 0 Å². The van der Waals surface area contributed by atoms with E-state index in [1.807, 2.05) is 0 Å². The van der Waals surface area contributed by atoms with Crippen LogP contribution >= 0.6 is 0 Å². The topological polar surface area (TPSA) is 32.7 Å². The number of hydrogen-bond donors (Lipinski definition) is 1. The van der Waals surface area contributed by atoms with Crippen molar-refractivity contribution in [2.75, 3.05) is 40.0 Å². The van der Waals surface area contributed by atoms with Crippen molar-refractivity contribution < 1.29 is 9.84 Å². The van der Waals surface area contributed by atoms with Crippen molar-refractivity contribution in [3.63, 3.8) is 0 Å². The highest BCUT2D eigenvalue weighted by molar-refractivity contribution is 4.77. The molecule has 1 rings (SSSR count). The summed E-state index contributed by atoms with van der Waals surface area (Å²) in [5, 5.41) is 9.39. The Kier molecular flexibility index (Phi) is 5.73. The predicted octanol–water partition coefficient (Wildman–Crippen LogP) is 1.75. The molecule has 0 aliphatic carbocycles. The Hall–Kier alpha value is -0.120. The van der Waals surface area contributed by atoms with Crippen LogP contribution in [0.25, 0.3) is 0 Å². The van der Waals surface area contributed by atoms with E-state index < -0.39 is 0 Å². The molecule has 16 heavy (non-hydrogen) atoms. The van der Waals surface area contributed by atoms with Gasteiger partial charge in [0.1, 0.15) is 0 Å². The Morgan fingerprint density at radius 3 is 2.50 bits per heavy atom. The zero-order chi connectivity index (χ0) is 12.0. The normalized spacial score (nSPS) is 22.3. The maximum atomic E-state index is 9.39. The maximum Gasteiger partial charge on any atom is 0.0496 e. The second-order valence-corrected chi connectivity index (χ2v) is 5.57. The minimum absolute atomic E-state index is 0.0555. The van der Waals surface area contributed by atoms with Crippen molar-refractivity contribution in [1.29, 1.82) is 0 Å². The summed E-state index contributed by atoms with van der Waals surface area (Å²) in [5.41, 5.74) is 0.0555. The quantitative estimate of drug-likeness (QED) is 0.753. The molecular weight excluding hydrogens is 202 g/mol. The number of aliphatic hydroxyl groups excluding tert-OH is 1. The fourth-order valence-corrected chi connectivity index (χ4v) is 2.36. The minimum atomic E-state index is 0.0555. The summed E-state index contributed by atoms with van der Waals surface area (Å²) < 4.78 is 5.37. The summed E-state index contributed by atoms with van der Waals surface area (Å²) in [4.78, 5) is 2.37. The predicted molar refractivity (Wildman–Crippen MR) is 66.5 cm³/mol. The van der Waals surface area contributed by atoms with Gasteiger partial charge < -0.3 is 14.7 Å². The molecule has 1 atom stereocenters. The zero-order valence-electron chi connectivity index (χ0n) is 11.0. The van der Waals surface area contributed by atoms with Crippen molar-refractivity contribution in [1.82, 2.24) is 4.90 Å². The zero-order valence-corrected chi connectivity index (χ0v) is 11.0. The number of ether oxygens (including phenoxy) is 1. The van der Waals surface area contributed by atoms with E-state index in [1.54, 1.807) is 0 Å². The first kappa shape index (κ1) is 13.9. The minimum Gasteiger partial charge on any atom is -0.396 e. The summed E-state index contributed by atoms with van der Waals surface area (Å²) in [7, 11) is 2.17. The number of rotatable bonds is 6. The first-order valence-electron chi connectivity index (χ1n) is 6.47. The molecule has 0 bridgehead atoms. The van der Waals surface area contributed by atoms with Gasteiger partial charge in [-0.15, -0.1) is 0 Å². The molecule has 1 heterocycles. The van der Waals surface area contributed by atoms with E-state index in [1.165, 1.54) is 12.8 Å². The van der Waals surface area contributed by atoms with Gasteiger partial charge in [0.2, 0.25) is 0 Å². The molecular formula is C13H27NO2. The summed E-state index contributed by atoms with van der Waals surface area (Å²) >= 11 is 0. The van der Waals surface area contributed by atoms with Crippen molar-refractivity contribution in [2.45, 2.75) is 33.1 Å². The number of nitrogens with zero attached hydrogens (tertiary/aromatic N) is 1. The van der Waals surface area contributed by atoms with Gasteiger partial charge in [0, 0.05) is 38.3 Å². The molecule has 0 aromatic heterocycles. The summed E-state index contributed by atoms with van der Waals surface area (Å²) in [6.07, 6.45) is 3.40. The third kappa shape index (κ3) is 4.40. The van der Waals surface area contributed by atoms with Gasteiger partial charge in [0.05, 0.1) is 0 Å². The van der Waals surface area contributed by atoms with E-state index in [2.05, 4.69) is 25.8 Å². The van der Waals surface area contributed by atoms with Gasteiger partial charge in [-0.25, -0.2) is 0 Å². The molecule has 1 unspecified atom stereocenters. The smallest absolute Gasteiger partial charge is 0.0496 e. The largest absolute Gasteiger partial charge is 0.396 e. The number of aliphatic hydroxyl groups is 1. The van der Waals surface area contributed by atoms with Crippen LogP contribution in [-0.4, -0.2) is 50.0 Å². The van der Waals surface area contributed by atoms with E-state index >= 15 is 0 Å². The van der Waals surface area contributed by atoms with Crippen LogP contribution in [0.2, 0.25) is 0 Å². The summed E-state index contributed by atoms with van der Waals surface area (Å²) in [6.45, 7) is 8.55. The lowest BCUT2D eigenvalue weighted by molar-refractivity contribution is 0.0425. The molecule has 1 aliphatic heterocycles. The van der Waals surface area contributed by atoms with Crippen LogP contribution in [-0.2, 0) is 4.74 Å². The van der Waals surface area contributed by atoms with Crippen LogP contribution in [0.1, 0.15) is 33.1 Å². The molecule has 0 aromatic carbocycles. The van der Waals surface area contributed by atoms with Crippen LogP contribution in [0, 0.1) is 11.3 Å². The highest BCUT2D eigenvalue weighted by atomic mass is 16.5. The molecule has 1 N–H and O–H groups in total.